The van der Waals surface area contributed by atoms with Gasteiger partial charge in [-0.2, -0.15) is 0 Å². The van der Waals surface area contributed by atoms with Gasteiger partial charge in [-0.05, 0) is 25.5 Å². The Kier molecular flexibility index (Phi) is 6.02. The average molecular weight is 306 g/mol. The van der Waals surface area contributed by atoms with Crippen molar-refractivity contribution in [2.75, 3.05) is 7.11 Å². The molecule has 1 heterocycles. The number of benzene rings is 1. The van der Waals surface area contributed by atoms with E-state index in [0.717, 1.165) is 29.5 Å². The highest BCUT2D eigenvalue weighted by atomic mass is 32.1. The molecule has 0 aliphatic heterocycles. The Morgan fingerprint density at radius 3 is 2.76 bits per heavy atom. The van der Waals surface area contributed by atoms with Gasteiger partial charge in [0.15, 0.2) is 11.5 Å². The summed E-state index contributed by atoms with van der Waals surface area (Å²) < 4.78 is 11.0. The van der Waals surface area contributed by atoms with E-state index in [1.165, 1.54) is 4.88 Å². The van der Waals surface area contributed by atoms with Gasteiger partial charge in [0.05, 0.1) is 7.11 Å². The van der Waals surface area contributed by atoms with Crippen LogP contribution in [0.1, 0.15) is 30.2 Å². The fourth-order valence-electron chi connectivity index (χ4n) is 1.79. The Labute approximate surface area is 130 Å². The monoisotopic (exact) mass is 306 g/mol. The smallest absolute Gasteiger partial charge is 0.161 e. The van der Waals surface area contributed by atoms with Crippen LogP contribution in [0.25, 0.3) is 0 Å². The maximum absolute atomic E-state index is 5.78. The van der Waals surface area contributed by atoms with Crippen LogP contribution < -0.4 is 14.8 Å². The molecule has 0 aliphatic carbocycles. The number of nitrogens with zero attached hydrogens (tertiary/aromatic N) is 1. The van der Waals surface area contributed by atoms with Crippen LogP contribution in [0.15, 0.2) is 30.5 Å². The molecule has 114 valence electrons. The molecule has 1 aromatic heterocycles. The fraction of sp³-hybridized carbons (Fsp3) is 0.438. The third kappa shape index (κ3) is 4.72. The molecule has 0 bridgehead atoms. The second-order valence-electron chi connectivity index (χ2n) is 4.85. The minimum Gasteiger partial charge on any atom is -0.493 e. The summed E-state index contributed by atoms with van der Waals surface area (Å²) in [5.41, 5.74) is 0. The van der Waals surface area contributed by atoms with E-state index >= 15 is 0 Å². The summed E-state index contributed by atoms with van der Waals surface area (Å²) in [4.78, 5) is 5.63. The predicted molar refractivity (Wildman–Crippen MR) is 86.0 cm³/mol. The minimum atomic E-state index is 0.467. The van der Waals surface area contributed by atoms with Crippen LogP contribution in [0.4, 0.5) is 0 Å². The van der Waals surface area contributed by atoms with E-state index in [4.69, 9.17) is 9.47 Å². The van der Waals surface area contributed by atoms with E-state index in [0.29, 0.717) is 12.6 Å². The lowest BCUT2D eigenvalue weighted by molar-refractivity contribution is 0.284. The summed E-state index contributed by atoms with van der Waals surface area (Å²) in [6.45, 7) is 5.69. The maximum atomic E-state index is 5.78. The van der Waals surface area contributed by atoms with Gasteiger partial charge in [0.25, 0.3) is 0 Å². The van der Waals surface area contributed by atoms with Crippen molar-refractivity contribution in [3.8, 4) is 11.5 Å². The molecule has 4 nitrogen and oxygen atoms in total. The van der Waals surface area contributed by atoms with Crippen LogP contribution in [0, 0.1) is 0 Å². The van der Waals surface area contributed by atoms with Gasteiger partial charge >= 0.3 is 0 Å². The summed E-state index contributed by atoms with van der Waals surface area (Å²) in [6.07, 6.45) is 3.05. The van der Waals surface area contributed by atoms with Gasteiger partial charge in [-0.25, -0.2) is 4.98 Å². The summed E-state index contributed by atoms with van der Waals surface area (Å²) in [6, 6.07) is 8.17. The van der Waals surface area contributed by atoms with Crippen LogP contribution in [-0.4, -0.2) is 18.1 Å². The molecule has 21 heavy (non-hydrogen) atoms. The zero-order valence-electron chi connectivity index (χ0n) is 12.8. The van der Waals surface area contributed by atoms with Gasteiger partial charge in [-0.15, -0.1) is 11.3 Å². The zero-order valence-corrected chi connectivity index (χ0v) is 13.6. The number of nitrogens with one attached hydrogen (secondary N) is 1. The van der Waals surface area contributed by atoms with Gasteiger partial charge < -0.3 is 14.8 Å². The first-order chi connectivity index (χ1) is 10.2. The highest BCUT2D eigenvalue weighted by molar-refractivity contribution is 7.11. The standard InChI is InChI=1S/C16H22N2O2S/c1-4-12(2)17-9-13-10-18-16(21-13)11-20-15-8-6-5-7-14(15)19-3/h5-8,10,12,17H,4,9,11H2,1-3H3. The van der Waals surface area contributed by atoms with Crippen molar-refractivity contribution in [2.45, 2.75) is 39.5 Å². The molecule has 0 aliphatic rings. The molecule has 0 radical (unpaired) electrons. The van der Waals surface area contributed by atoms with Crippen LogP contribution in [0.5, 0.6) is 11.5 Å². The first-order valence-electron chi connectivity index (χ1n) is 7.15. The summed E-state index contributed by atoms with van der Waals surface area (Å²) in [5, 5.41) is 4.44. The normalized spacial score (nSPS) is 12.1. The van der Waals surface area contributed by atoms with E-state index in [2.05, 4.69) is 24.1 Å². The van der Waals surface area contributed by atoms with Crippen molar-refractivity contribution < 1.29 is 9.47 Å². The second-order valence-corrected chi connectivity index (χ2v) is 6.05. The number of hydrogen-bond donors (Lipinski definition) is 1. The molecule has 0 saturated carbocycles. The van der Waals surface area contributed by atoms with Crippen LogP contribution in [0.2, 0.25) is 0 Å². The van der Waals surface area contributed by atoms with Gasteiger partial charge in [0, 0.05) is 23.7 Å². The molecule has 0 spiro atoms. The SMILES string of the molecule is CCC(C)NCc1cnc(COc2ccccc2OC)s1. The van der Waals surface area contributed by atoms with E-state index in [-0.39, 0.29) is 0 Å². The van der Waals surface area contributed by atoms with Gasteiger partial charge in [0.1, 0.15) is 11.6 Å². The number of aromatic nitrogens is 1. The Morgan fingerprint density at radius 1 is 1.29 bits per heavy atom. The molecule has 0 saturated heterocycles. The average Bonchev–Trinajstić information content (AvgIpc) is 2.98. The van der Waals surface area contributed by atoms with Crippen molar-refractivity contribution in [1.29, 1.82) is 0 Å². The lowest BCUT2D eigenvalue weighted by Crippen LogP contribution is -2.23. The Hall–Kier alpha value is -1.59. The molecule has 5 heteroatoms. The Morgan fingerprint density at radius 2 is 2.05 bits per heavy atom. The number of thiazole rings is 1. The molecule has 0 amide bonds. The van der Waals surface area contributed by atoms with Crippen molar-refractivity contribution in [3.05, 3.63) is 40.3 Å². The number of hydrogen-bond acceptors (Lipinski definition) is 5. The first kappa shape index (κ1) is 15.8. The minimum absolute atomic E-state index is 0.467. The highest BCUT2D eigenvalue weighted by Crippen LogP contribution is 2.27. The van der Waals surface area contributed by atoms with Crippen molar-refractivity contribution in [1.82, 2.24) is 10.3 Å². The second kappa shape index (κ2) is 8.00. The van der Waals surface area contributed by atoms with Gasteiger partial charge in [0.2, 0.25) is 0 Å². The first-order valence-corrected chi connectivity index (χ1v) is 7.97. The Bertz CT molecular complexity index is 557. The molecule has 2 rings (SSSR count). The van der Waals surface area contributed by atoms with Crippen molar-refractivity contribution in [3.63, 3.8) is 0 Å². The van der Waals surface area contributed by atoms with Crippen LogP contribution in [0.3, 0.4) is 0 Å². The summed E-state index contributed by atoms with van der Waals surface area (Å²) in [5.74, 6) is 1.49. The molecular formula is C16H22N2O2S. The highest BCUT2D eigenvalue weighted by Gasteiger charge is 2.07. The topological polar surface area (TPSA) is 43.4 Å². The molecular weight excluding hydrogens is 284 g/mol. The molecule has 0 fully saturated rings. The molecule has 2 aromatic rings. The number of para-hydroxylation sites is 2. The largest absolute Gasteiger partial charge is 0.493 e. The fourth-order valence-corrected chi connectivity index (χ4v) is 2.58. The molecule has 1 unspecified atom stereocenters. The number of rotatable bonds is 8. The third-order valence-electron chi connectivity index (χ3n) is 3.26. The van der Waals surface area contributed by atoms with E-state index in [1.807, 2.05) is 30.5 Å². The lowest BCUT2D eigenvalue weighted by atomic mass is 10.2. The van der Waals surface area contributed by atoms with Crippen LogP contribution >= 0.6 is 11.3 Å². The molecule has 1 aromatic carbocycles. The van der Waals surface area contributed by atoms with Crippen molar-refractivity contribution >= 4 is 11.3 Å². The number of methoxy groups -OCH3 is 1. The molecule has 1 atom stereocenters. The predicted octanol–water partition coefficient (Wildman–Crippen LogP) is 3.62. The van der Waals surface area contributed by atoms with E-state index in [9.17, 15) is 0 Å². The quantitative estimate of drug-likeness (QED) is 0.809. The van der Waals surface area contributed by atoms with E-state index in [1.54, 1.807) is 18.4 Å². The van der Waals surface area contributed by atoms with E-state index < -0.39 is 0 Å². The third-order valence-corrected chi connectivity index (χ3v) is 4.23. The van der Waals surface area contributed by atoms with Crippen LogP contribution in [-0.2, 0) is 13.2 Å². The lowest BCUT2D eigenvalue weighted by Gasteiger charge is -2.09. The zero-order chi connectivity index (χ0) is 15.1. The van der Waals surface area contributed by atoms with Gasteiger partial charge in [-0.1, -0.05) is 19.1 Å². The Balaban J connectivity index is 1.88. The molecule has 1 N–H and O–H groups in total. The summed E-state index contributed by atoms with van der Waals surface area (Å²) >= 11 is 1.68. The summed E-state index contributed by atoms with van der Waals surface area (Å²) in [7, 11) is 1.64. The van der Waals surface area contributed by atoms with Crippen molar-refractivity contribution in [2.24, 2.45) is 0 Å². The van der Waals surface area contributed by atoms with Gasteiger partial charge in [-0.3, -0.25) is 0 Å². The number of ether oxygens (including phenoxy) is 2. The maximum Gasteiger partial charge on any atom is 0.161 e.